The number of fused-ring (bicyclic) bond motifs is 1. The molecule has 0 saturated carbocycles. The van der Waals surface area contributed by atoms with Gasteiger partial charge in [-0.05, 0) is 42.0 Å². The average molecular weight is 367 g/mol. The Labute approximate surface area is 145 Å². The van der Waals surface area contributed by atoms with Crippen molar-refractivity contribution in [2.75, 3.05) is 23.8 Å². The number of amides is 1. The lowest BCUT2D eigenvalue weighted by Gasteiger charge is -2.12. The fourth-order valence-electron chi connectivity index (χ4n) is 2.56. The molecule has 0 aromatic heterocycles. The van der Waals surface area contributed by atoms with Crippen molar-refractivity contribution < 1.29 is 17.9 Å². The summed E-state index contributed by atoms with van der Waals surface area (Å²) in [5.41, 5.74) is 1.97. The molecule has 126 valence electrons. The van der Waals surface area contributed by atoms with Crippen LogP contribution in [0.4, 0.5) is 11.4 Å². The zero-order valence-corrected chi connectivity index (χ0v) is 14.6. The van der Waals surface area contributed by atoms with Crippen LogP contribution in [-0.2, 0) is 21.2 Å². The van der Waals surface area contributed by atoms with Gasteiger partial charge < -0.3 is 9.64 Å². The molecule has 3 rings (SSSR count). The van der Waals surface area contributed by atoms with Gasteiger partial charge in [0.05, 0.1) is 23.4 Å². The summed E-state index contributed by atoms with van der Waals surface area (Å²) in [6.07, 6.45) is 0.260. The maximum absolute atomic E-state index is 12.5. The van der Waals surface area contributed by atoms with Crippen molar-refractivity contribution in [3.05, 3.63) is 47.0 Å². The number of sulfonamides is 1. The lowest BCUT2D eigenvalue weighted by atomic mass is 10.1. The van der Waals surface area contributed by atoms with Gasteiger partial charge in [-0.15, -0.1) is 0 Å². The molecule has 0 saturated heterocycles. The Hall–Kier alpha value is -2.25. The first kappa shape index (κ1) is 16.6. The standard InChI is InChI=1S/C16H15ClN2O4S/c1-19-14-5-3-11(7-10(14)8-16(19)20)18-24(21,22)12-4-6-15(23-2)13(17)9-12/h3-7,9,18H,8H2,1-2H3. The Bertz CT molecular complexity index is 928. The zero-order chi connectivity index (χ0) is 17.5. The lowest BCUT2D eigenvalue weighted by Crippen LogP contribution is -2.20. The number of nitrogens with one attached hydrogen (secondary N) is 1. The molecule has 0 atom stereocenters. The van der Waals surface area contributed by atoms with Gasteiger partial charge in [-0.1, -0.05) is 11.6 Å². The predicted octanol–water partition coefficient (Wildman–Crippen LogP) is 2.67. The first-order valence-corrected chi connectivity index (χ1v) is 8.94. The van der Waals surface area contributed by atoms with E-state index in [0.717, 1.165) is 11.3 Å². The summed E-state index contributed by atoms with van der Waals surface area (Å²) in [7, 11) is -0.647. The third-order valence-electron chi connectivity index (χ3n) is 3.84. The van der Waals surface area contributed by atoms with E-state index in [4.69, 9.17) is 16.3 Å². The molecule has 0 aliphatic carbocycles. The molecule has 1 heterocycles. The SMILES string of the molecule is COc1ccc(S(=O)(=O)Nc2ccc3c(c2)CC(=O)N3C)cc1Cl. The molecule has 2 aromatic carbocycles. The van der Waals surface area contributed by atoms with E-state index >= 15 is 0 Å². The fourth-order valence-corrected chi connectivity index (χ4v) is 3.96. The number of nitrogens with zero attached hydrogens (tertiary/aromatic N) is 1. The second-order valence-electron chi connectivity index (χ2n) is 5.37. The van der Waals surface area contributed by atoms with Crippen LogP contribution in [0.15, 0.2) is 41.3 Å². The van der Waals surface area contributed by atoms with Crippen molar-refractivity contribution >= 4 is 38.9 Å². The van der Waals surface area contributed by atoms with Gasteiger partial charge in [0.25, 0.3) is 10.0 Å². The molecule has 24 heavy (non-hydrogen) atoms. The van der Waals surface area contributed by atoms with Gasteiger partial charge in [0.2, 0.25) is 5.91 Å². The topological polar surface area (TPSA) is 75.7 Å². The third kappa shape index (κ3) is 2.92. The minimum Gasteiger partial charge on any atom is -0.495 e. The van der Waals surface area contributed by atoms with Gasteiger partial charge in [0.1, 0.15) is 5.75 Å². The van der Waals surface area contributed by atoms with Crippen molar-refractivity contribution in [2.45, 2.75) is 11.3 Å². The molecule has 8 heteroatoms. The molecule has 0 bridgehead atoms. The molecule has 0 fully saturated rings. The van der Waals surface area contributed by atoms with Gasteiger partial charge in [-0.3, -0.25) is 9.52 Å². The van der Waals surface area contributed by atoms with Crippen LogP contribution in [-0.4, -0.2) is 28.5 Å². The summed E-state index contributed by atoms with van der Waals surface area (Å²) < 4.78 is 32.5. The normalized spacial score (nSPS) is 13.8. The fraction of sp³-hybridized carbons (Fsp3) is 0.188. The van der Waals surface area contributed by atoms with E-state index in [1.807, 2.05) is 0 Å². The highest BCUT2D eigenvalue weighted by Crippen LogP contribution is 2.32. The number of rotatable bonds is 4. The minimum absolute atomic E-state index is 0.0213. The van der Waals surface area contributed by atoms with Crippen LogP contribution >= 0.6 is 11.6 Å². The Balaban J connectivity index is 1.89. The molecule has 1 aliphatic heterocycles. The first-order chi connectivity index (χ1) is 11.3. The number of halogens is 1. The third-order valence-corrected chi connectivity index (χ3v) is 5.52. The first-order valence-electron chi connectivity index (χ1n) is 7.07. The highest BCUT2D eigenvalue weighted by atomic mass is 35.5. The van der Waals surface area contributed by atoms with Crippen molar-refractivity contribution in [3.63, 3.8) is 0 Å². The van der Waals surface area contributed by atoms with E-state index in [1.165, 1.54) is 25.3 Å². The highest BCUT2D eigenvalue weighted by molar-refractivity contribution is 7.92. The molecule has 0 unspecified atom stereocenters. The summed E-state index contributed by atoms with van der Waals surface area (Å²) in [5.74, 6) is 0.377. The van der Waals surface area contributed by atoms with Gasteiger partial charge in [0, 0.05) is 18.4 Å². The van der Waals surface area contributed by atoms with E-state index in [1.54, 1.807) is 30.1 Å². The van der Waals surface area contributed by atoms with E-state index in [-0.39, 0.29) is 22.2 Å². The Morgan fingerprint density at radius 2 is 1.96 bits per heavy atom. The Morgan fingerprint density at radius 1 is 1.21 bits per heavy atom. The molecule has 1 N–H and O–H groups in total. The van der Waals surface area contributed by atoms with Crippen molar-refractivity contribution in [2.24, 2.45) is 0 Å². The molecular weight excluding hydrogens is 352 g/mol. The quantitative estimate of drug-likeness (QED) is 0.902. The monoisotopic (exact) mass is 366 g/mol. The molecule has 1 aliphatic rings. The van der Waals surface area contributed by atoms with Crippen molar-refractivity contribution in [1.82, 2.24) is 0 Å². The van der Waals surface area contributed by atoms with Crippen LogP contribution in [0.25, 0.3) is 0 Å². The number of hydrogen-bond donors (Lipinski definition) is 1. The maximum atomic E-state index is 12.5. The summed E-state index contributed by atoms with van der Waals surface area (Å²) in [6.45, 7) is 0. The summed E-state index contributed by atoms with van der Waals surface area (Å²) in [4.78, 5) is 13.3. The molecule has 0 radical (unpaired) electrons. The van der Waals surface area contributed by atoms with E-state index in [0.29, 0.717) is 11.4 Å². The minimum atomic E-state index is -3.79. The van der Waals surface area contributed by atoms with E-state index < -0.39 is 10.0 Å². The van der Waals surface area contributed by atoms with Gasteiger partial charge in [-0.25, -0.2) is 8.42 Å². The number of anilines is 2. The summed E-state index contributed by atoms with van der Waals surface area (Å²) in [6, 6.07) is 9.24. The molecule has 1 amide bonds. The number of carbonyl (C=O) groups excluding carboxylic acids is 1. The molecular formula is C16H15ClN2O4S. The molecule has 2 aromatic rings. The summed E-state index contributed by atoms with van der Waals surface area (Å²) >= 11 is 5.99. The van der Waals surface area contributed by atoms with Crippen molar-refractivity contribution in [3.8, 4) is 5.75 Å². The van der Waals surface area contributed by atoms with Crippen LogP contribution in [0.1, 0.15) is 5.56 Å². The van der Waals surface area contributed by atoms with Gasteiger partial charge >= 0.3 is 0 Å². The Morgan fingerprint density at radius 3 is 2.62 bits per heavy atom. The van der Waals surface area contributed by atoms with E-state index in [2.05, 4.69) is 4.72 Å². The predicted molar refractivity (Wildman–Crippen MR) is 92.4 cm³/mol. The zero-order valence-electron chi connectivity index (χ0n) is 13.0. The molecule has 6 nitrogen and oxygen atoms in total. The summed E-state index contributed by atoms with van der Waals surface area (Å²) in [5, 5.41) is 0.210. The molecule has 0 spiro atoms. The number of benzene rings is 2. The van der Waals surface area contributed by atoms with Crippen LogP contribution < -0.4 is 14.4 Å². The van der Waals surface area contributed by atoms with E-state index in [9.17, 15) is 13.2 Å². The van der Waals surface area contributed by atoms with Crippen LogP contribution in [0.3, 0.4) is 0 Å². The van der Waals surface area contributed by atoms with Crippen LogP contribution in [0.5, 0.6) is 5.75 Å². The number of likely N-dealkylation sites (N-methyl/N-ethyl adjacent to an activating group) is 1. The highest BCUT2D eigenvalue weighted by Gasteiger charge is 2.25. The second-order valence-corrected chi connectivity index (χ2v) is 7.46. The maximum Gasteiger partial charge on any atom is 0.261 e. The van der Waals surface area contributed by atoms with Gasteiger partial charge in [0.15, 0.2) is 0 Å². The smallest absolute Gasteiger partial charge is 0.261 e. The number of hydrogen-bond acceptors (Lipinski definition) is 4. The Kier molecular flexibility index (Phi) is 4.15. The van der Waals surface area contributed by atoms with Crippen LogP contribution in [0.2, 0.25) is 5.02 Å². The lowest BCUT2D eigenvalue weighted by molar-refractivity contribution is -0.117. The average Bonchev–Trinajstić information content (AvgIpc) is 2.81. The van der Waals surface area contributed by atoms with Gasteiger partial charge in [-0.2, -0.15) is 0 Å². The van der Waals surface area contributed by atoms with Crippen molar-refractivity contribution in [1.29, 1.82) is 0 Å². The largest absolute Gasteiger partial charge is 0.495 e. The second kappa shape index (κ2) is 5.99. The van der Waals surface area contributed by atoms with Crippen LogP contribution in [0, 0.1) is 0 Å². The number of ether oxygens (including phenoxy) is 1. The number of methoxy groups -OCH3 is 1. The number of carbonyl (C=O) groups is 1.